The third-order valence-corrected chi connectivity index (χ3v) is 4.73. The minimum absolute atomic E-state index is 0.139. The highest BCUT2D eigenvalue weighted by Gasteiger charge is 2.30. The maximum absolute atomic E-state index is 12.6. The fraction of sp³-hybridized carbons (Fsp3) is 0.111. The summed E-state index contributed by atoms with van der Waals surface area (Å²) < 4.78 is 48.3. The highest BCUT2D eigenvalue weighted by atomic mass is 32.1. The third kappa shape index (κ3) is 3.86. The predicted molar refractivity (Wildman–Crippen MR) is 97.4 cm³/mol. The summed E-state index contributed by atoms with van der Waals surface area (Å²) in [4.78, 5) is 16.8. The number of fused-ring (bicyclic) bond motifs is 1. The second-order valence-corrected chi connectivity index (χ2v) is 6.78. The summed E-state index contributed by atoms with van der Waals surface area (Å²) in [5, 5.41) is 6.00. The minimum Gasteiger partial charge on any atom is -0.454 e. The van der Waals surface area contributed by atoms with Crippen molar-refractivity contribution in [3.8, 4) is 11.5 Å². The van der Waals surface area contributed by atoms with E-state index >= 15 is 0 Å². The smallest absolute Gasteiger partial charge is 0.416 e. The van der Waals surface area contributed by atoms with E-state index in [9.17, 15) is 18.0 Å². The van der Waals surface area contributed by atoms with Crippen LogP contribution in [0.5, 0.6) is 11.5 Å². The number of amides is 1. The maximum atomic E-state index is 12.6. The molecular weight excluding hydrogens is 395 g/mol. The van der Waals surface area contributed by atoms with Gasteiger partial charge in [0.1, 0.15) is 4.88 Å². The van der Waals surface area contributed by atoms with Gasteiger partial charge in [0.15, 0.2) is 16.6 Å². The summed E-state index contributed by atoms with van der Waals surface area (Å²) in [5.74, 6) is 0.794. The number of hydrogen-bond donors (Lipinski definition) is 2. The van der Waals surface area contributed by atoms with Gasteiger partial charge in [0, 0.05) is 17.4 Å². The van der Waals surface area contributed by atoms with Crippen LogP contribution in [-0.2, 0) is 6.18 Å². The van der Waals surface area contributed by atoms with Crippen molar-refractivity contribution >= 4 is 33.8 Å². The molecule has 2 N–H and O–H groups in total. The van der Waals surface area contributed by atoms with Crippen molar-refractivity contribution in [3.63, 3.8) is 0 Å². The molecule has 1 amide bonds. The standard InChI is InChI=1S/C18H12F3N3O3S/c19-18(20,21)10-1-3-11(4-2-10)24-17-22-8-15(28-17)16(25)23-12-5-6-13-14(7-12)27-9-26-13/h1-8H,9H2,(H,22,24)(H,23,25). The zero-order valence-electron chi connectivity index (χ0n) is 14.0. The number of rotatable bonds is 4. The number of carbonyl (C=O) groups excluding carboxylic acids is 1. The molecule has 0 radical (unpaired) electrons. The summed E-state index contributed by atoms with van der Waals surface area (Å²) in [6.45, 7) is 0.139. The molecule has 1 aliphatic heterocycles. The number of carbonyl (C=O) groups is 1. The van der Waals surface area contributed by atoms with Crippen LogP contribution in [0.15, 0.2) is 48.7 Å². The number of nitrogens with zero attached hydrogens (tertiary/aromatic N) is 1. The molecular formula is C18H12F3N3O3S. The quantitative estimate of drug-likeness (QED) is 0.645. The molecule has 1 aromatic heterocycles. The van der Waals surface area contributed by atoms with Crippen molar-refractivity contribution in [1.82, 2.24) is 4.98 Å². The van der Waals surface area contributed by atoms with E-state index in [0.717, 1.165) is 23.5 Å². The number of benzene rings is 2. The van der Waals surface area contributed by atoms with Gasteiger partial charge in [-0.3, -0.25) is 4.79 Å². The molecule has 1 aliphatic rings. The lowest BCUT2D eigenvalue weighted by molar-refractivity contribution is -0.137. The molecule has 2 aromatic carbocycles. The van der Waals surface area contributed by atoms with Crippen LogP contribution in [0, 0.1) is 0 Å². The van der Waals surface area contributed by atoms with Crippen LogP contribution >= 0.6 is 11.3 Å². The van der Waals surface area contributed by atoms with Gasteiger partial charge in [-0.2, -0.15) is 13.2 Å². The van der Waals surface area contributed by atoms with Gasteiger partial charge in [-0.25, -0.2) is 4.98 Å². The van der Waals surface area contributed by atoms with E-state index in [1.54, 1.807) is 18.2 Å². The zero-order chi connectivity index (χ0) is 19.7. The molecule has 6 nitrogen and oxygen atoms in total. The third-order valence-electron chi connectivity index (χ3n) is 3.82. The summed E-state index contributed by atoms with van der Waals surface area (Å²) in [5.41, 5.74) is 0.242. The molecule has 10 heteroatoms. The van der Waals surface area contributed by atoms with E-state index in [-0.39, 0.29) is 12.7 Å². The molecule has 0 bridgehead atoms. The first-order valence-corrected chi connectivity index (χ1v) is 8.81. The van der Waals surface area contributed by atoms with Crippen LogP contribution in [0.1, 0.15) is 15.2 Å². The predicted octanol–water partition coefficient (Wildman–Crippen LogP) is 4.89. The average molecular weight is 407 g/mol. The van der Waals surface area contributed by atoms with Gasteiger partial charge < -0.3 is 20.1 Å². The minimum atomic E-state index is -4.39. The number of hydrogen-bond acceptors (Lipinski definition) is 6. The fourth-order valence-corrected chi connectivity index (χ4v) is 3.20. The summed E-state index contributed by atoms with van der Waals surface area (Å²) in [6, 6.07) is 9.60. The Labute approximate surface area is 160 Å². The van der Waals surface area contributed by atoms with Gasteiger partial charge in [0.05, 0.1) is 11.8 Å². The van der Waals surface area contributed by atoms with Crippen molar-refractivity contribution < 1.29 is 27.4 Å². The van der Waals surface area contributed by atoms with E-state index in [2.05, 4.69) is 15.6 Å². The first-order valence-electron chi connectivity index (χ1n) is 7.99. The number of halogens is 3. The van der Waals surface area contributed by atoms with Gasteiger partial charge in [0.25, 0.3) is 5.91 Å². The van der Waals surface area contributed by atoms with E-state index in [0.29, 0.717) is 32.9 Å². The van der Waals surface area contributed by atoms with Crippen LogP contribution in [0.2, 0.25) is 0 Å². The SMILES string of the molecule is O=C(Nc1ccc2c(c1)OCO2)c1cnc(Nc2ccc(C(F)(F)F)cc2)s1. The Morgan fingerprint density at radius 2 is 1.75 bits per heavy atom. The van der Waals surface area contributed by atoms with Gasteiger partial charge >= 0.3 is 6.18 Å². The van der Waals surface area contributed by atoms with E-state index in [1.807, 2.05) is 0 Å². The number of alkyl halides is 3. The molecule has 144 valence electrons. The summed E-state index contributed by atoms with van der Waals surface area (Å²) in [7, 11) is 0. The summed E-state index contributed by atoms with van der Waals surface area (Å²) >= 11 is 1.08. The molecule has 4 rings (SSSR count). The van der Waals surface area contributed by atoms with Crippen LogP contribution in [-0.4, -0.2) is 17.7 Å². The Morgan fingerprint density at radius 1 is 1.04 bits per heavy atom. The first kappa shape index (κ1) is 18.1. The lowest BCUT2D eigenvalue weighted by atomic mass is 10.2. The maximum Gasteiger partial charge on any atom is 0.416 e. The second kappa shape index (κ2) is 7.04. The van der Waals surface area contributed by atoms with E-state index in [4.69, 9.17) is 9.47 Å². The van der Waals surface area contributed by atoms with Crippen LogP contribution in [0.25, 0.3) is 0 Å². The zero-order valence-corrected chi connectivity index (χ0v) is 14.9. The van der Waals surface area contributed by atoms with Crippen LogP contribution < -0.4 is 20.1 Å². The van der Waals surface area contributed by atoms with Crippen molar-refractivity contribution in [2.24, 2.45) is 0 Å². The molecule has 28 heavy (non-hydrogen) atoms. The molecule has 0 atom stereocenters. The Kier molecular flexibility index (Phi) is 4.55. The van der Waals surface area contributed by atoms with E-state index in [1.165, 1.54) is 18.3 Å². The van der Waals surface area contributed by atoms with Gasteiger partial charge in [-0.15, -0.1) is 0 Å². The normalized spacial score (nSPS) is 12.7. The molecule has 0 saturated carbocycles. The Hall–Kier alpha value is -3.27. The molecule has 0 fully saturated rings. The lowest BCUT2D eigenvalue weighted by Crippen LogP contribution is -2.09. The number of nitrogens with one attached hydrogen (secondary N) is 2. The molecule has 0 aliphatic carbocycles. The lowest BCUT2D eigenvalue weighted by Gasteiger charge is -2.07. The van der Waals surface area contributed by atoms with Gasteiger partial charge in [-0.1, -0.05) is 11.3 Å². The Bertz CT molecular complexity index is 1020. The Morgan fingerprint density at radius 3 is 2.50 bits per heavy atom. The largest absolute Gasteiger partial charge is 0.454 e. The molecule has 0 unspecified atom stereocenters. The molecule has 0 saturated heterocycles. The second-order valence-electron chi connectivity index (χ2n) is 5.75. The van der Waals surface area contributed by atoms with Crippen molar-refractivity contribution in [1.29, 1.82) is 0 Å². The molecule has 2 heterocycles. The monoisotopic (exact) mass is 407 g/mol. The Balaban J connectivity index is 1.41. The number of thiazole rings is 1. The summed E-state index contributed by atoms with van der Waals surface area (Å²) in [6.07, 6.45) is -3.00. The average Bonchev–Trinajstić information content (AvgIpc) is 3.30. The van der Waals surface area contributed by atoms with E-state index < -0.39 is 11.7 Å². The highest BCUT2D eigenvalue weighted by molar-refractivity contribution is 7.17. The van der Waals surface area contributed by atoms with Crippen molar-refractivity contribution in [3.05, 3.63) is 59.1 Å². The molecule has 3 aromatic rings. The molecule has 0 spiro atoms. The highest BCUT2D eigenvalue weighted by Crippen LogP contribution is 2.35. The van der Waals surface area contributed by atoms with Gasteiger partial charge in [-0.05, 0) is 36.4 Å². The fourth-order valence-electron chi connectivity index (χ4n) is 2.47. The van der Waals surface area contributed by atoms with Crippen LogP contribution in [0.3, 0.4) is 0 Å². The number of aromatic nitrogens is 1. The van der Waals surface area contributed by atoms with Crippen LogP contribution in [0.4, 0.5) is 29.7 Å². The van der Waals surface area contributed by atoms with Gasteiger partial charge in [0.2, 0.25) is 6.79 Å². The van der Waals surface area contributed by atoms with Crippen molar-refractivity contribution in [2.75, 3.05) is 17.4 Å². The topological polar surface area (TPSA) is 72.5 Å². The number of anilines is 3. The van der Waals surface area contributed by atoms with Crippen molar-refractivity contribution in [2.45, 2.75) is 6.18 Å². The first-order chi connectivity index (χ1) is 13.4. The number of ether oxygens (including phenoxy) is 2.